The van der Waals surface area contributed by atoms with Crippen LogP contribution in [0.15, 0.2) is 48.8 Å². The molecule has 4 rings (SSSR count). The molecule has 2 aromatic rings. The Morgan fingerprint density at radius 1 is 1.22 bits per heavy atom. The lowest BCUT2D eigenvalue weighted by Gasteiger charge is -2.47. The summed E-state index contributed by atoms with van der Waals surface area (Å²) in [5.74, 6) is -0.110. The summed E-state index contributed by atoms with van der Waals surface area (Å²) in [7, 11) is 0. The van der Waals surface area contributed by atoms with Crippen LogP contribution in [0.2, 0.25) is 0 Å². The number of aromatic nitrogens is 1. The van der Waals surface area contributed by atoms with Gasteiger partial charge in [0.25, 0.3) is 5.91 Å². The van der Waals surface area contributed by atoms with Gasteiger partial charge in [-0.2, -0.15) is 0 Å². The summed E-state index contributed by atoms with van der Waals surface area (Å²) in [6.45, 7) is 1.75. The number of nitrogens with zero attached hydrogens (tertiary/aromatic N) is 3. The van der Waals surface area contributed by atoms with Crippen LogP contribution in [0.3, 0.4) is 0 Å². The van der Waals surface area contributed by atoms with Crippen LogP contribution in [0, 0.1) is 11.7 Å². The molecule has 2 saturated heterocycles. The van der Waals surface area contributed by atoms with E-state index in [9.17, 15) is 14.0 Å². The Labute approximate surface area is 157 Å². The number of hydrogen-bond donors (Lipinski definition) is 0. The van der Waals surface area contributed by atoms with Gasteiger partial charge in [-0.15, -0.1) is 0 Å². The second-order valence-electron chi connectivity index (χ2n) is 7.30. The number of piperidine rings is 2. The minimum Gasteiger partial charge on any atom is -0.338 e. The monoisotopic (exact) mass is 367 g/mol. The minimum absolute atomic E-state index is 0.136. The Balaban J connectivity index is 1.47. The van der Waals surface area contributed by atoms with Gasteiger partial charge in [0.15, 0.2) is 0 Å². The summed E-state index contributed by atoms with van der Waals surface area (Å²) in [6, 6.07) is 9.83. The van der Waals surface area contributed by atoms with E-state index in [1.165, 1.54) is 12.1 Å². The molecular formula is C21H22FN3O2. The SMILES string of the molecule is O=C(c1cccc(F)c1)N1CC[C@H]2[C@H](CCC(=O)N2Cc2cccnc2)C1. The summed E-state index contributed by atoms with van der Waals surface area (Å²) < 4.78 is 13.4. The van der Waals surface area contributed by atoms with Crippen LogP contribution in [-0.2, 0) is 11.3 Å². The van der Waals surface area contributed by atoms with E-state index in [4.69, 9.17) is 0 Å². The van der Waals surface area contributed by atoms with E-state index in [0.29, 0.717) is 31.6 Å². The normalized spacial score (nSPS) is 22.5. The molecule has 2 atom stereocenters. The fourth-order valence-electron chi connectivity index (χ4n) is 4.23. The Hall–Kier alpha value is -2.76. The fourth-order valence-corrected chi connectivity index (χ4v) is 4.23. The van der Waals surface area contributed by atoms with Crippen molar-refractivity contribution in [1.29, 1.82) is 0 Å². The van der Waals surface area contributed by atoms with Crippen molar-refractivity contribution in [1.82, 2.24) is 14.8 Å². The third-order valence-electron chi connectivity index (χ3n) is 5.58. The first-order valence-corrected chi connectivity index (χ1v) is 9.35. The maximum absolute atomic E-state index is 13.4. The molecule has 0 unspecified atom stereocenters. The van der Waals surface area contributed by atoms with Gasteiger partial charge in [0, 0.05) is 50.1 Å². The summed E-state index contributed by atoms with van der Waals surface area (Å²) in [5, 5.41) is 0. The molecule has 0 bridgehead atoms. The zero-order valence-electron chi connectivity index (χ0n) is 15.1. The Bertz CT molecular complexity index is 842. The van der Waals surface area contributed by atoms with Crippen LogP contribution in [0.4, 0.5) is 4.39 Å². The number of hydrogen-bond acceptors (Lipinski definition) is 3. The van der Waals surface area contributed by atoms with E-state index < -0.39 is 5.82 Å². The Morgan fingerprint density at radius 3 is 2.89 bits per heavy atom. The zero-order chi connectivity index (χ0) is 18.8. The van der Waals surface area contributed by atoms with Crippen LogP contribution >= 0.6 is 0 Å². The molecule has 6 heteroatoms. The molecule has 0 radical (unpaired) electrons. The number of halogens is 1. The maximum Gasteiger partial charge on any atom is 0.253 e. The summed E-state index contributed by atoms with van der Waals surface area (Å²) in [5.41, 5.74) is 1.40. The van der Waals surface area contributed by atoms with E-state index in [-0.39, 0.29) is 23.8 Å². The van der Waals surface area contributed by atoms with Crippen molar-refractivity contribution in [2.45, 2.75) is 31.8 Å². The average molecular weight is 367 g/mol. The van der Waals surface area contributed by atoms with E-state index in [1.54, 1.807) is 29.4 Å². The van der Waals surface area contributed by atoms with E-state index in [0.717, 1.165) is 18.4 Å². The topological polar surface area (TPSA) is 53.5 Å². The molecule has 0 saturated carbocycles. The molecule has 3 heterocycles. The average Bonchev–Trinajstić information content (AvgIpc) is 2.70. The zero-order valence-corrected chi connectivity index (χ0v) is 15.1. The van der Waals surface area contributed by atoms with Crippen molar-refractivity contribution in [2.75, 3.05) is 13.1 Å². The lowest BCUT2D eigenvalue weighted by atomic mass is 9.83. The van der Waals surface area contributed by atoms with Gasteiger partial charge in [-0.25, -0.2) is 4.39 Å². The van der Waals surface area contributed by atoms with Crippen LogP contribution in [0.1, 0.15) is 35.2 Å². The highest BCUT2D eigenvalue weighted by molar-refractivity contribution is 5.94. The third-order valence-corrected chi connectivity index (χ3v) is 5.58. The van der Waals surface area contributed by atoms with Crippen LogP contribution in [-0.4, -0.2) is 45.7 Å². The van der Waals surface area contributed by atoms with Crippen molar-refractivity contribution >= 4 is 11.8 Å². The third kappa shape index (κ3) is 3.70. The number of carbonyl (C=O) groups is 2. The summed E-state index contributed by atoms with van der Waals surface area (Å²) in [6.07, 6.45) is 5.56. The first-order chi connectivity index (χ1) is 13.1. The van der Waals surface area contributed by atoms with Crippen LogP contribution < -0.4 is 0 Å². The van der Waals surface area contributed by atoms with Gasteiger partial charge in [-0.1, -0.05) is 12.1 Å². The predicted molar refractivity (Wildman–Crippen MR) is 98.2 cm³/mol. The number of pyridine rings is 1. The molecule has 2 aliphatic heterocycles. The van der Waals surface area contributed by atoms with E-state index in [1.807, 2.05) is 17.0 Å². The molecule has 1 aromatic carbocycles. The highest BCUT2D eigenvalue weighted by Crippen LogP contribution is 2.32. The molecule has 140 valence electrons. The van der Waals surface area contributed by atoms with Crippen molar-refractivity contribution in [3.63, 3.8) is 0 Å². The second-order valence-corrected chi connectivity index (χ2v) is 7.30. The van der Waals surface area contributed by atoms with Gasteiger partial charge >= 0.3 is 0 Å². The lowest BCUT2D eigenvalue weighted by Crippen LogP contribution is -2.56. The van der Waals surface area contributed by atoms with Crippen molar-refractivity contribution in [2.24, 2.45) is 5.92 Å². The fraction of sp³-hybridized carbons (Fsp3) is 0.381. The highest BCUT2D eigenvalue weighted by atomic mass is 19.1. The number of rotatable bonds is 3. The number of carbonyl (C=O) groups excluding carboxylic acids is 2. The molecular weight excluding hydrogens is 345 g/mol. The van der Waals surface area contributed by atoms with Crippen LogP contribution in [0.25, 0.3) is 0 Å². The Kier molecular flexibility index (Phi) is 4.88. The molecule has 2 aliphatic rings. The lowest BCUT2D eigenvalue weighted by molar-refractivity contribution is -0.141. The van der Waals surface area contributed by atoms with Gasteiger partial charge in [0.2, 0.25) is 5.91 Å². The Morgan fingerprint density at radius 2 is 2.11 bits per heavy atom. The number of benzene rings is 1. The van der Waals surface area contributed by atoms with Gasteiger partial charge < -0.3 is 9.80 Å². The van der Waals surface area contributed by atoms with Crippen LogP contribution in [0.5, 0.6) is 0 Å². The second kappa shape index (κ2) is 7.47. The molecule has 1 aromatic heterocycles. The number of fused-ring (bicyclic) bond motifs is 1. The van der Waals surface area contributed by atoms with Gasteiger partial charge in [0.05, 0.1) is 0 Å². The van der Waals surface area contributed by atoms with E-state index >= 15 is 0 Å². The van der Waals surface area contributed by atoms with Gasteiger partial charge in [0.1, 0.15) is 5.82 Å². The molecule has 2 amide bonds. The number of amides is 2. The van der Waals surface area contributed by atoms with E-state index in [2.05, 4.69) is 4.98 Å². The first kappa shape index (κ1) is 17.6. The minimum atomic E-state index is -0.401. The quantitative estimate of drug-likeness (QED) is 0.838. The smallest absolute Gasteiger partial charge is 0.253 e. The molecule has 27 heavy (non-hydrogen) atoms. The van der Waals surface area contributed by atoms with Crippen molar-refractivity contribution in [3.05, 3.63) is 65.7 Å². The largest absolute Gasteiger partial charge is 0.338 e. The van der Waals surface area contributed by atoms with Crippen molar-refractivity contribution < 1.29 is 14.0 Å². The molecule has 0 spiro atoms. The predicted octanol–water partition coefficient (Wildman–Crippen LogP) is 2.87. The molecule has 0 aliphatic carbocycles. The van der Waals surface area contributed by atoms with Gasteiger partial charge in [-0.05, 0) is 48.6 Å². The molecule has 2 fully saturated rings. The summed E-state index contributed by atoms with van der Waals surface area (Å²) >= 11 is 0. The first-order valence-electron chi connectivity index (χ1n) is 9.35. The summed E-state index contributed by atoms with van der Waals surface area (Å²) in [4.78, 5) is 33.1. The maximum atomic E-state index is 13.4. The highest BCUT2D eigenvalue weighted by Gasteiger charge is 2.40. The molecule has 0 N–H and O–H groups in total. The number of likely N-dealkylation sites (tertiary alicyclic amines) is 2. The molecule has 5 nitrogen and oxygen atoms in total. The van der Waals surface area contributed by atoms with Gasteiger partial charge in [-0.3, -0.25) is 14.6 Å². The standard InChI is InChI=1S/C21H22FN3O2/c22-18-5-1-4-16(11-18)21(27)24-10-8-19-17(14-24)6-7-20(26)25(19)13-15-3-2-9-23-12-15/h1-5,9,11-12,17,19H,6-8,10,13-14H2/t17-,19+/m1/s1. The van der Waals surface area contributed by atoms with Crippen molar-refractivity contribution in [3.8, 4) is 0 Å².